The number of carbonyl (C=O) groups excluding carboxylic acids is 1. The fraction of sp³-hybridized carbons (Fsp3) is 0.500. The van der Waals surface area contributed by atoms with E-state index in [2.05, 4.69) is 23.8 Å². The SMILES string of the molecule is Cc1nc(SC(C)C(=O)N(C)C)c2c(C)c(C)sc2n1. The molecule has 0 aliphatic rings. The molecule has 0 aliphatic heterocycles. The summed E-state index contributed by atoms with van der Waals surface area (Å²) in [5.74, 6) is 0.856. The molecule has 0 spiro atoms. The van der Waals surface area contributed by atoms with E-state index >= 15 is 0 Å². The lowest BCUT2D eigenvalue weighted by molar-refractivity contribution is -0.127. The number of carbonyl (C=O) groups is 1. The molecule has 108 valence electrons. The largest absolute Gasteiger partial charge is 0.348 e. The van der Waals surface area contributed by atoms with E-state index in [1.54, 1.807) is 30.3 Å². The normalized spacial score (nSPS) is 12.7. The summed E-state index contributed by atoms with van der Waals surface area (Å²) in [5.41, 5.74) is 1.22. The highest BCUT2D eigenvalue weighted by atomic mass is 32.2. The molecule has 1 amide bonds. The van der Waals surface area contributed by atoms with Gasteiger partial charge in [0.2, 0.25) is 5.91 Å². The van der Waals surface area contributed by atoms with Gasteiger partial charge < -0.3 is 4.90 Å². The average Bonchev–Trinajstić information content (AvgIpc) is 2.63. The van der Waals surface area contributed by atoms with E-state index in [1.165, 1.54) is 22.2 Å². The molecular formula is C14H19N3OS2. The van der Waals surface area contributed by atoms with Gasteiger partial charge in [-0.25, -0.2) is 9.97 Å². The Morgan fingerprint density at radius 2 is 1.90 bits per heavy atom. The molecule has 2 heterocycles. The van der Waals surface area contributed by atoms with Crippen molar-refractivity contribution in [3.05, 3.63) is 16.3 Å². The molecule has 2 rings (SSSR count). The first-order valence-corrected chi connectivity index (χ1v) is 8.13. The van der Waals surface area contributed by atoms with Crippen molar-refractivity contribution >= 4 is 39.2 Å². The summed E-state index contributed by atoms with van der Waals surface area (Å²) >= 11 is 3.20. The third-order valence-corrected chi connectivity index (χ3v) is 5.36. The van der Waals surface area contributed by atoms with Gasteiger partial charge in [-0.3, -0.25) is 4.79 Å². The molecule has 0 fully saturated rings. The highest BCUT2D eigenvalue weighted by Crippen LogP contribution is 2.36. The number of thioether (sulfide) groups is 1. The smallest absolute Gasteiger partial charge is 0.235 e. The number of fused-ring (bicyclic) bond motifs is 1. The summed E-state index contributed by atoms with van der Waals surface area (Å²) in [6.45, 7) is 8.01. The van der Waals surface area contributed by atoms with Crippen LogP contribution < -0.4 is 0 Å². The van der Waals surface area contributed by atoms with Crippen LogP contribution >= 0.6 is 23.1 Å². The van der Waals surface area contributed by atoms with Gasteiger partial charge in [-0.15, -0.1) is 11.3 Å². The van der Waals surface area contributed by atoms with Crippen LogP contribution in [0.3, 0.4) is 0 Å². The second-order valence-corrected chi connectivity index (χ2v) is 7.56. The number of thiophene rings is 1. The van der Waals surface area contributed by atoms with E-state index in [0.717, 1.165) is 21.1 Å². The molecule has 0 N–H and O–H groups in total. The standard InChI is InChI=1S/C14H19N3OS2/c1-7-8(2)19-12-11(7)13(16-10(4)15-12)20-9(3)14(18)17(5)6/h9H,1-6H3. The molecule has 1 atom stereocenters. The van der Waals surface area contributed by atoms with Crippen LogP contribution in [-0.2, 0) is 4.79 Å². The third kappa shape index (κ3) is 2.81. The Morgan fingerprint density at radius 3 is 2.50 bits per heavy atom. The van der Waals surface area contributed by atoms with Gasteiger partial charge in [-0.2, -0.15) is 0 Å². The molecule has 2 aromatic heterocycles. The van der Waals surface area contributed by atoms with Crippen LogP contribution in [0, 0.1) is 20.8 Å². The Bertz CT molecular complexity index is 664. The lowest BCUT2D eigenvalue weighted by Crippen LogP contribution is -2.29. The van der Waals surface area contributed by atoms with Crippen LogP contribution in [0.4, 0.5) is 0 Å². The second-order valence-electron chi connectivity index (χ2n) is 5.03. The quantitative estimate of drug-likeness (QED) is 0.645. The molecule has 20 heavy (non-hydrogen) atoms. The van der Waals surface area contributed by atoms with Crippen LogP contribution in [0.5, 0.6) is 0 Å². The number of amides is 1. The van der Waals surface area contributed by atoms with Crippen molar-refractivity contribution in [1.82, 2.24) is 14.9 Å². The molecular weight excluding hydrogens is 290 g/mol. The molecule has 0 saturated carbocycles. The second kappa shape index (κ2) is 5.69. The maximum atomic E-state index is 12.0. The minimum atomic E-state index is -0.151. The number of aryl methyl sites for hydroxylation is 3. The summed E-state index contributed by atoms with van der Waals surface area (Å²) in [6, 6.07) is 0. The first kappa shape index (κ1) is 15.3. The number of hydrogen-bond acceptors (Lipinski definition) is 5. The van der Waals surface area contributed by atoms with Gasteiger partial charge in [0.25, 0.3) is 0 Å². The third-order valence-electron chi connectivity index (χ3n) is 3.18. The zero-order valence-electron chi connectivity index (χ0n) is 12.6. The summed E-state index contributed by atoms with van der Waals surface area (Å²) in [4.78, 5) is 25.0. The monoisotopic (exact) mass is 309 g/mol. The summed E-state index contributed by atoms with van der Waals surface area (Å²) in [6.07, 6.45) is 0. The topological polar surface area (TPSA) is 46.1 Å². The minimum absolute atomic E-state index is 0.101. The van der Waals surface area contributed by atoms with Crippen molar-refractivity contribution in [2.75, 3.05) is 14.1 Å². The predicted octanol–water partition coefficient (Wildman–Crippen LogP) is 3.19. The van der Waals surface area contributed by atoms with Crippen LogP contribution in [0.25, 0.3) is 10.2 Å². The lowest BCUT2D eigenvalue weighted by atomic mass is 10.2. The van der Waals surface area contributed by atoms with Crippen molar-refractivity contribution in [2.45, 2.75) is 38.0 Å². The number of hydrogen-bond donors (Lipinski definition) is 0. The summed E-state index contributed by atoms with van der Waals surface area (Å²) in [7, 11) is 3.56. The summed E-state index contributed by atoms with van der Waals surface area (Å²) in [5, 5.41) is 1.86. The predicted molar refractivity (Wildman–Crippen MR) is 85.6 cm³/mol. The van der Waals surface area contributed by atoms with Crippen LogP contribution in [-0.4, -0.2) is 40.1 Å². The fourth-order valence-corrected chi connectivity index (χ4v) is 4.32. The van der Waals surface area contributed by atoms with Crippen molar-refractivity contribution in [1.29, 1.82) is 0 Å². The maximum Gasteiger partial charge on any atom is 0.235 e. The number of nitrogens with zero attached hydrogens (tertiary/aromatic N) is 3. The molecule has 0 aromatic carbocycles. The molecule has 1 unspecified atom stereocenters. The molecule has 4 nitrogen and oxygen atoms in total. The Labute approximate surface area is 127 Å². The van der Waals surface area contributed by atoms with Gasteiger partial charge in [-0.1, -0.05) is 11.8 Å². The fourth-order valence-electron chi connectivity index (χ4n) is 1.98. The maximum absolute atomic E-state index is 12.0. The van der Waals surface area contributed by atoms with Crippen LogP contribution in [0.15, 0.2) is 5.03 Å². The number of aromatic nitrogens is 2. The van der Waals surface area contributed by atoms with E-state index in [0.29, 0.717) is 0 Å². The van der Waals surface area contributed by atoms with Gasteiger partial charge in [0, 0.05) is 24.4 Å². The van der Waals surface area contributed by atoms with E-state index in [9.17, 15) is 4.79 Å². The Morgan fingerprint density at radius 1 is 1.25 bits per heavy atom. The first-order chi connectivity index (χ1) is 9.31. The molecule has 0 bridgehead atoms. The van der Waals surface area contributed by atoms with Gasteiger partial charge in [-0.05, 0) is 33.3 Å². The Hall–Kier alpha value is -1.14. The molecule has 0 saturated heterocycles. The highest BCUT2D eigenvalue weighted by molar-refractivity contribution is 8.00. The van der Waals surface area contributed by atoms with E-state index in [1.807, 2.05) is 13.8 Å². The zero-order valence-corrected chi connectivity index (χ0v) is 14.3. The minimum Gasteiger partial charge on any atom is -0.348 e. The average molecular weight is 309 g/mol. The molecule has 0 radical (unpaired) electrons. The van der Waals surface area contributed by atoms with Gasteiger partial charge >= 0.3 is 0 Å². The zero-order chi connectivity index (χ0) is 15.0. The molecule has 2 aromatic rings. The van der Waals surface area contributed by atoms with Crippen LogP contribution in [0.1, 0.15) is 23.2 Å². The molecule has 6 heteroatoms. The van der Waals surface area contributed by atoms with E-state index in [4.69, 9.17) is 0 Å². The van der Waals surface area contributed by atoms with E-state index < -0.39 is 0 Å². The van der Waals surface area contributed by atoms with E-state index in [-0.39, 0.29) is 11.2 Å². The first-order valence-electron chi connectivity index (χ1n) is 6.43. The van der Waals surface area contributed by atoms with Gasteiger partial charge in [0.05, 0.1) is 5.25 Å². The number of rotatable bonds is 3. The Kier molecular flexibility index (Phi) is 4.34. The van der Waals surface area contributed by atoms with Crippen molar-refractivity contribution in [2.24, 2.45) is 0 Å². The lowest BCUT2D eigenvalue weighted by Gasteiger charge is -2.16. The summed E-state index contributed by atoms with van der Waals surface area (Å²) < 4.78 is 0. The van der Waals surface area contributed by atoms with Crippen LogP contribution in [0.2, 0.25) is 0 Å². The van der Waals surface area contributed by atoms with Gasteiger partial charge in [0.1, 0.15) is 15.7 Å². The highest BCUT2D eigenvalue weighted by Gasteiger charge is 2.21. The Balaban J connectivity index is 2.46. The van der Waals surface area contributed by atoms with Crippen molar-refractivity contribution < 1.29 is 4.79 Å². The van der Waals surface area contributed by atoms with Crippen molar-refractivity contribution in [3.8, 4) is 0 Å². The molecule has 0 aliphatic carbocycles. The van der Waals surface area contributed by atoms with Gasteiger partial charge in [0.15, 0.2) is 0 Å². The van der Waals surface area contributed by atoms with Crippen molar-refractivity contribution in [3.63, 3.8) is 0 Å².